The van der Waals surface area contributed by atoms with Crippen molar-refractivity contribution in [2.24, 2.45) is 0 Å². The van der Waals surface area contributed by atoms with Crippen LogP contribution in [0, 0.1) is 11.6 Å². The maximum absolute atomic E-state index is 14.4. The van der Waals surface area contributed by atoms with Gasteiger partial charge < -0.3 is 23.5 Å². The summed E-state index contributed by atoms with van der Waals surface area (Å²) < 4.78 is 49.3. The lowest BCUT2D eigenvalue weighted by Crippen LogP contribution is -2.30. The van der Waals surface area contributed by atoms with Crippen LogP contribution in [0.2, 0.25) is 0 Å². The van der Waals surface area contributed by atoms with Crippen LogP contribution in [0.3, 0.4) is 0 Å². The van der Waals surface area contributed by atoms with E-state index in [0.717, 1.165) is 19.2 Å². The number of benzene rings is 1. The van der Waals surface area contributed by atoms with E-state index in [1.165, 1.54) is 38.2 Å². The number of ketones is 1. The van der Waals surface area contributed by atoms with Crippen molar-refractivity contribution in [3.8, 4) is 5.75 Å². The molecule has 0 unspecified atom stereocenters. The Morgan fingerprint density at radius 2 is 1.79 bits per heavy atom. The Labute approximate surface area is 189 Å². The average Bonchev–Trinajstić information content (AvgIpc) is 3.56. The van der Waals surface area contributed by atoms with Crippen LogP contribution in [0.4, 0.5) is 8.78 Å². The van der Waals surface area contributed by atoms with Crippen LogP contribution in [0.5, 0.6) is 5.75 Å². The van der Waals surface area contributed by atoms with Gasteiger partial charge in [-0.15, -0.1) is 0 Å². The molecule has 2 aromatic rings. The number of pyridine rings is 1. The molecule has 0 bridgehead atoms. The van der Waals surface area contributed by atoms with Crippen molar-refractivity contribution in [3.63, 3.8) is 0 Å². The van der Waals surface area contributed by atoms with Crippen molar-refractivity contribution in [1.29, 1.82) is 0 Å². The summed E-state index contributed by atoms with van der Waals surface area (Å²) in [5.74, 6) is -3.22. The number of rotatable bonds is 10. The topological polar surface area (TPSA) is 93.1 Å². The summed E-state index contributed by atoms with van der Waals surface area (Å²) in [6.45, 7) is -0.0495. The van der Waals surface area contributed by atoms with Gasteiger partial charge in [-0.1, -0.05) is 6.07 Å². The van der Waals surface area contributed by atoms with Gasteiger partial charge in [0.1, 0.15) is 11.6 Å². The van der Waals surface area contributed by atoms with Crippen molar-refractivity contribution in [2.45, 2.75) is 37.5 Å². The maximum Gasteiger partial charge on any atom is 0.358 e. The molecule has 0 amide bonds. The molecule has 0 N–H and O–H groups in total. The Hall–Kier alpha value is -3.11. The number of halogens is 2. The van der Waals surface area contributed by atoms with Crippen molar-refractivity contribution >= 4 is 11.8 Å². The van der Waals surface area contributed by atoms with Crippen LogP contribution in [0.1, 0.15) is 45.7 Å². The Kier molecular flexibility index (Phi) is 7.28. The summed E-state index contributed by atoms with van der Waals surface area (Å²) in [6, 6.07) is 3.24. The van der Waals surface area contributed by atoms with Gasteiger partial charge in [-0.05, 0) is 24.5 Å². The number of hydrogen-bond acceptors (Lipinski definition) is 7. The maximum atomic E-state index is 14.4. The number of nitrogens with zero attached hydrogens (tertiary/aromatic N) is 1. The number of Topliss-reactive ketones (excluding diaryl/α,β-unsaturated/α-hetero) is 1. The first-order valence-corrected chi connectivity index (χ1v) is 10.2. The summed E-state index contributed by atoms with van der Waals surface area (Å²) in [5, 5.41) is 0. The highest BCUT2D eigenvalue weighted by Crippen LogP contribution is 2.52. The molecule has 0 aliphatic heterocycles. The molecular formula is C23H25F2NO7. The molecule has 8 nitrogen and oxygen atoms in total. The van der Waals surface area contributed by atoms with E-state index in [2.05, 4.69) is 0 Å². The first kappa shape index (κ1) is 24.5. The van der Waals surface area contributed by atoms with E-state index in [1.54, 1.807) is 0 Å². The molecule has 1 aliphatic carbocycles. The SMILES string of the molecule is COC(=O)c1c(OC)c(=O)c(C(=O)CC2(c3ccc(F)cc3F)CC2)cn1CC(OC)OC. The van der Waals surface area contributed by atoms with E-state index < -0.39 is 40.5 Å². The second-order valence-corrected chi connectivity index (χ2v) is 7.80. The number of aromatic nitrogens is 1. The number of esters is 1. The van der Waals surface area contributed by atoms with Gasteiger partial charge >= 0.3 is 5.97 Å². The Morgan fingerprint density at radius 1 is 1.12 bits per heavy atom. The van der Waals surface area contributed by atoms with Crippen molar-refractivity contribution in [3.05, 3.63) is 63.1 Å². The third-order valence-corrected chi connectivity index (χ3v) is 5.85. The molecule has 0 atom stereocenters. The van der Waals surface area contributed by atoms with Gasteiger partial charge in [0.2, 0.25) is 5.43 Å². The molecule has 0 radical (unpaired) electrons. The van der Waals surface area contributed by atoms with E-state index >= 15 is 0 Å². The summed E-state index contributed by atoms with van der Waals surface area (Å²) >= 11 is 0. The molecule has 3 rings (SSSR count). The highest BCUT2D eigenvalue weighted by atomic mass is 19.1. The molecule has 1 heterocycles. The zero-order valence-electron chi connectivity index (χ0n) is 18.8. The summed E-state index contributed by atoms with van der Waals surface area (Å²) in [6.07, 6.45) is 1.29. The molecule has 10 heteroatoms. The first-order valence-electron chi connectivity index (χ1n) is 10.2. The molecular weight excluding hydrogens is 440 g/mol. The Morgan fingerprint density at radius 3 is 2.30 bits per heavy atom. The predicted molar refractivity (Wildman–Crippen MR) is 113 cm³/mol. The normalized spacial score (nSPS) is 14.3. The van der Waals surface area contributed by atoms with Crippen molar-refractivity contribution in [2.75, 3.05) is 28.4 Å². The van der Waals surface area contributed by atoms with E-state index in [-0.39, 0.29) is 35.5 Å². The standard InChI is InChI=1S/C23H25F2NO7/c1-30-18(31-2)12-26-11-14(20(28)21(32-3)19(26)22(29)33-4)17(27)10-23(7-8-23)15-6-5-13(24)9-16(15)25/h5-6,9,11,18H,7-8,10,12H2,1-4H3. The van der Waals surface area contributed by atoms with Gasteiger partial charge in [0, 0.05) is 38.3 Å². The molecule has 1 fully saturated rings. The molecule has 0 spiro atoms. The minimum absolute atomic E-state index is 0.0495. The number of carbonyl (C=O) groups excluding carboxylic acids is 2. The molecule has 1 aromatic heterocycles. The average molecular weight is 465 g/mol. The van der Waals surface area contributed by atoms with Crippen LogP contribution in [-0.4, -0.2) is 51.0 Å². The fourth-order valence-corrected chi connectivity index (χ4v) is 3.90. The third-order valence-electron chi connectivity index (χ3n) is 5.85. The highest BCUT2D eigenvalue weighted by molar-refractivity contribution is 5.99. The number of carbonyl (C=O) groups is 2. The minimum atomic E-state index is -0.846. The van der Waals surface area contributed by atoms with E-state index in [9.17, 15) is 23.2 Å². The number of methoxy groups -OCH3 is 4. The lowest BCUT2D eigenvalue weighted by atomic mass is 9.88. The summed E-state index contributed by atoms with van der Waals surface area (Å²) in [5.41, 5.74) is -1.82. The summed E-state index contributed by atoms with van der Waals surface area (Å²) in [4.78, 5) is 38.7. The third kappa shape index (κ3) is 4.81. The molecule has 1 aliphatic rings. The van der Waals surface area contributed by atoms with Crippen molar-refractivity contribution < 1.29 is 37.3 Å². The fraction of sp³-hybridized carbons (Fsp3) is 0.435. The quantitative estimate of drug-likeness (QED) is 0.303. The number of hydrogen-bond donors (Lipinski definition) is 0. The van der Waals surface area contributed by atoms with Gasteiger partial charge in [0.15, 0.2) is 23.5 Å². The van der Waals surface area contributed by atoms with Crippen LogP contribution < -0.4 is 10.2 Å². The molecule has 178 valence electrons. The van der Waals surface area contributed by atoms with Crippen LogP contribution in [-0.2, 0) is 26.2 Å². The zero-order valence-corrected chi connectivity index (χ0v) is 18.8. The number of ether oxygens (including phenoxy) is 4. The van der Waals surface area contributed by atoms with E-state index in [4.69, 9.17) is 18.9 Å². The monoisotopic (exact) mass is 465 g/mol. The first-order chi connectivity index (χ1) is 15.7. The second kappa shape index (κ2) is 9.80. The van der Waals surface area contributed by atoms with Gasteiger partial charge in [-0.2, -0.15) is 0 Å². The Bertz CT molecular complexity index is 1120. The molecule has 1 aromatic carbocycles. The summed E-state index contributed by atoms with van der Waals surface area (Å²) in [7, 11) is 5.13. The van der Waals surface area contributed by atoms with Crippen LogP contribution in [0.25, 0.3) is 0 Å². The smallest absolute Gasteiger partial charge is 0.358 e. The van der Waals surface area contributed by atoms with Crippen LogP contribution in [0.15, 0.2) is 29.2 Å². The minimum Gasteiger partial charge on any atom is -0.491 e. The van der Waals surface area contributed by atoms with E-state index in [0.29, 0.717) is 12.8 Å². The predicted octanol–water partition coefficient (Wildman–Crippen LogP) is 2.85. The largest absolute Gasteiger partial charge is 0.491 e. The van der Waals surface area contributed by atoms with Crippen molar-refractivity contribution in [1.82, 2.24) is 4.57 Å². The van der Waals surface area contributed by atoms with E-state index in [1.807, 2.05) is 0 Å². The van der Waals surface area contributed by atoms with Gasteiger partial charge in [-0.25, -0.2) is 13.6 Å². The molecule has 0 saturated heterocycles. The lowest BCUT2D eigenvalue weighted by molar-refractivity contribution is -0.111. The molecule has 33 heavy (non-hydrogen) atoms. The molecule has 1 saturated carbocycles. The zero-order chi connectivity index (χ0) is 24.3. The Balaban J connectivity index is 2.05. The van der Waals surface area contributed by atoms with Gasteiger partial charge in [0.05, 0.1) is 26.3 Å². The second-order valence-electron chi connectivity index (χ2n) is 7.80. The van der Waals surface area contributed by atoms with Gasteiger partial charge in [-0.3, -0.25) is 9.59 Å². The van der Waals surface area contributed by atoms with Gasteiger partial charge in [0.25, 0.3) is 0 Å². The lowest BCUT2D eigenvalue weighted by Gasteiger charge is -2.21. The highest BCUT2D eigenvalue weighted by Gasteiger charge is 2.48. The fourth-order valence-electron chi connectivity index (χ4n) is 3.90. The van der Waals surface area contributed by atoms with Crippen LogP contribution >= 0.6 is 0 Å².